The van der Waals surface area contributed by atoms with Crippen LogP contribution in [0.25, 0.3) is 5.82 Å². The first-order chi connectivity index (χ1) is 14.9. The van der Waals surface area contributed by atoms with Crippen molar-refractivity contribution in [1.29, 1.82) is 0 Å². The molecule has 0 saturated carbocycles. The molecule has 1 N–H and O–H groups in total. The third-order valence-corrected chi connectivity index (χ3v) is 5.03. The molecule has 3 aromatic rings. The number of rotatable bonds is 6. The van der Waals surface area contributed by atoms with Crippen molar-refractivity contribution in [3.05, 3.63) is 71.7 Å². The first-order valence-corrected chi connectivity index (χ1v) is 9.80. The Bertz CT molecular complexity index is 1150. The molecule has 158 valence electrons. The zero-order chi connectivity index (χ0) is 22.0. The van der Waals surface area contributed by atoms with E-state index in [0.717, 1.165) is 5.69 Å². The number of aromatic nitrogens is 2. The van der Waals surface area contributed by atoms with E-state index in [1.165, 1.54) is 0 Å². The van der Waals surface area contributed by atoms with Crippen LogP contribution in [0.1, 0.15) is 28.2 Å². The van der Waals surface area contributed by atoms with Gasteiger partial charge in [-0.15, -0.1) is 0 Å². The molecule has 8 nitrogen and oxygen atoms in total. The van der Waals surface area contributed by atoms with E-state index in [9.17, 15) is 14.4 Å². The summed E-state index contributed by atoms with van der Waals surface area (Å²) in [6, 6.07) is 14.2. The number of benzene rings is 1. The van der Waals surface area contributed by atoms with Gasteiger partial charge >= 0.3 is 5.97 Å². The van der Waals surface area contributed by atoms with E-state index < -0.39 is 24.6 Å². The van der Waals surface area contributed by atoms with Crippen LogP contribution < -0.4 is 10.1 Å². The second-order valence-corrected chi connectivity index (χ2v) is 7.19. The SMILES string of the molecule is Cc1cc(C(=O)COC(=O)C[C@@H]2Oc3ccccc3NC2=O)c(C)n1-c1ccccn1. The second kappa shape index (κ2) is 8.43. The Labute approximate surface area is 178 Å². The molecule has 1 atom stereocenters. The number of nitrogens with zero attached hydrogens (tertiary/aromatic N) is 2. The molecule has 8 heteroatoms. The molecule has 0 unspecified atom stereocenters. The van der Waals surface area contributed by atoms with E-state index in [1.807, 2.05) is 36.6 Å². The predicted octanol–water partition coefficient (Wildman–Crippen LogP) is 3.00. The highest BCUT2D eigenvalue weighted by molar-refractivity contribution is 6.01. The van der Waals surface area contributed by atoms with Crippen LogP contribution in [-0.2, 0) is 14.3 Å². The highest BCUT2D eigenvalue weighted by Gasteiger charge is 2.30. The van der Waals surface area contributed by atoms with Gasteiger partial charge in [0.25, 0.3) is 5.91 Å². The molecule has 31 heavy (non-hydrogen) atoms. The summed E-state index contributed by atoms with van der Waals surface area (Å²) in [4.78, 5) is 41.4. The summed E-state index contributed by atoms with van der Waals surface area (Å²) in [7, 11) is 0. The summed E-state index contributed by atoms with van der Waals surface area (Å²) in [6.07, 6.45) is 0.381. The average Bonchev–Trinajstić information content (AvgIpc) is 3.07. The topological polar surface area (TPSA) is 99.5 Å². The highest BCUT2D eigenvalue weighted by Crippen LogP contribution is 2.29. The summed E-state index contributed by atoms with van der Waals surface area (Å²) >= 11 is 0. The van der Waals surface area contributed by atoms with Crippen molar-refractivity contribution in [2.45, 2.75) is 26.4 Å². The van der Waals surface area contributed by atoms with Gasteiger partial charge in [-0.25, -0.2) is 4.98 Å². The smallest absolute Gasteiger partial charge is 0.310 e. The predicted molar refractivity (Wildman–Crippen MR) is 112 cm³/mol. The van der Waals surface area contributed by atoms with Crippen molar-refractivity contribution in [3.8, 4) is 11.6 Å². The van der Waals surface area contributed by atoms with Gasteiger partial charge in [0.1, 0.15) is 11.6 Å². The number of aryl methyl sites for hydroxylation is 1. The molecule has 0 aliphatic carbocycles. The van der Waals surface area contributed by atoms with Crippen LogP contribution in [0.5, 0.6) is 5.75 Å². The Balaban J connectivity index is 1.38. The van der Waals surface area contributed by atoms with Gasteiger partial charge in [0, 0.05) is 23.1 Å². The third-order valence-electron chi connectivity index (χ3n) is 5.03. The Morgan fingerprint density at radius 1 is 1.16 bits per heavy atom. The number of fused-ring (bicyclic) bond motifs is 1. The molecule has 4 rings (SSSR count). The molecular formula is C23H21N3O5. The van der Waals surface area contributed by atoms with Crippen molar-refractivity contribution >= 4 is 23.3 Å². The number of amides is 1. The largest absolute Gasteiger partial charge is 0.478 e. The number of hydrogen-bond acceptors (Lipinski definition) is 6. The summed E-state index contributed by atoms with van der Waals surface area (Å²) in [5.74, 6) is -0.262. The van der Waals surface area contributed by atoms with Crippen LogP contribution in [0.2, 0.25) is 0 Å². The fourth-order valence-electron chi connectivity index (χ4n) is 3.54. The zero-order valence-corrected chi connectivity index (χ0v) is 17.1. The number of hydrogen-bond donors (Lipinski definition) is 1. The van der Waals surface area contributed by atoms with Crippen molar-refractivity contribution in [1.82, 2.24) is 9.55 Å². The Morgan fingerprint density at radius 3 is 2.71 bits per heavy atom. The van der Waals surface area contributed by atoms with Crippen molar-refractivity contribution < 1.29 is 23.9 Å². The molecular weight excluding hydrogens is 398 g/mol. The van der Waals surface area contributed by atoms with Gasteiger partial charge in [-0.1, -0.05) is 18.2 Å². The van der Waals surface area contributed by atoms with Crippen LogP contribution in [0.15, 0.2) is 54.7 Å². The Kier molecular flexibility index (Phi) is 5.53. The van der Waals surface area contributed by atoms with E-state index in [1.54, 1.807) is 36.5 Å². The van der Waals surface area contributed by atoms with Gasteiger partial charge in [-0.2, -0.15) is 0 Å². The first-order valence-electron chi connectivity index (χ1n) is 9.80. The van der Waals surface area contributed by atoms with Gasteiger partial charge < -0.3 is 19.4 Å². The second-order valence-electron chi connectivity index (χ2n) is 7.19. The fraction of sp³-hybridized carbons (Fsp3) is 0.217. The van der Waals surface area contributed by atoms with E-state index in [0.29, 0.717) is 28.5 Å². The molecule has 0 spiro atoms. The number of anilines is 1. The monoisotopic (exact) mass is 419 g/mol. The lowest BCUT2D eigenvalue weighted by atomic mass is 10.1. The minimum atomic E-state index is -1.01. The van der Waals surface area contributed by atoms with Gasteiger partial charge in [-0.05, 0) is 44.2 Å². The molecule has 1 aromatic carbocycles. The number of ether oxygens (including phenoxy) is 2. The lowest BCUT2D eigenvalue weighted by Gasteiger charge is -2.25. The highest BCUT2D eigenvalue weighted by atomic mass is 16.5. The third kappa shape index (κ3) is 4.18. The van der Waals surface area contributed by atoms with Crippen LogP contribution >= 0.6 is 0 Å². The maximum Gasteiger partial charge on any atom is 0.310 e. The van der Waals surface area contributed by atoms with Gasteiger partial charge in [0.15, 0.2) is 12.7 Å². The molecule has 0 radical (unpaired) electrons. The zero-order valence-electron chi connectivity index (χ0n) is 17.1. The van der Waals surface area contributed by atoms with Crippen LogP contribution in [0.4, 0.5) is 5.69 Å². The minimum Gasteiger partial charge on any atom is -0.478 e. The van der Waals surface area contributed by atoms with Crippen molar-refractivity contribution in [2.75, 3.05) is 11.9 Å². The molecule has 1 aliphatic heterocycles. The lowest BCUT2D eigenvalue weighted by Crippen LogP contribution is -2.39. The number of para-hydroxylation sites is 2. The van der Waals surface area contributed by atoms with Gasteiger partial charge in [-0.3, -0.25) is 14.4 Å². The summed E-state index contributed by atoms with van der Waals surface area (Å²) in [6.45, 7) is 3.27. The van der Waals surface area contributed by atoms with Gasteiger partial charge in [0.05, 0.1) is 12.1 Å². The van der Waals surface area contributed by atoms with Gasteiger partial charge in [0.2, 0.25) is 5.78 Å². The normalized spacial score (nSPS) is 14.9. The van der Waals surface area contributed by atoms with Crippen molar-refractivity contribution in [2.24, 2.45) is 0 Å². The number of Topliss-reactive ketones (excluding diaryl/α,β-unsaturated/α-hetero) is 1. The van der Waals surface area contributed by atoms with E-state index in [4.69, 9.17) is 9.47 Å². The summed E-state index contributed by atoms with van der Waals surface area (Å²) < 4.78 is 12.6. The van der Waals surface area contributed by atoms with Crippen LogP contribution in [0, 0.1) is 13.8 Å². The number of carbonyl (C=O) groups excluding carboxylic acids is 3. The van der Waals surface area contributed by atoms with E-state index >= 15 is 0 Å². The number of esters is 1. The maximum absolute atomic E-state index is 12.7. The number of pyridine rings is 1. The number of carbonyl (C=O) groups is 3. The summed E-state index contributed by atoms with van der Waals surface area (Å²) in [5.41, 5.74) is 2.56. The molecule has 0 saturated heterocycles. The number of nitrogens with one attached hydrogen (secondary N) is 1. The molecule has 1 amide bonds. The standard InChI is InChI=1S/C23H21N3O5/c1-14-11-16(15(2)26(14)21-9-5-6-10-24-21)18(27)13-30-22(28)12-20-23(29)25-17-7-3-4-8-19(17)31-20/h3-11,20H,12-13H2,1-2H3,(H,25,29)/t20-/m0/s1. The molecule has 1 aliphatic rings. The lowest BCUT2D eigenvalue weighted by molar-refractivity contribution is -0.146. The van der Waals surface area contributed by atoms with Crippen LogP contribution in [-0.4, -0.2) is 39.9 Å². The number of ketones is 1. The molecule has 3 heterocycles. The summed E-state index contributed by atoms with van der Waals surface area (Å²) in [5, 5.41) is 2.69. The fourth-order valence-corrected chi connectivity index (χ4v) is 3.54. The van der Waals surface area contributed by atoms with Crippen LogP contribution in [0.3, 0.4) is 0 Å². The minimum absolute atomic E-state index is 0.291. The molecule has 0 fully saturated rings. The average molecular weight is 419 g/mol. The first kappa shape index (κ1) is 20.3. The molecule has 2 aromatic heterocycles. The van der Waals surface area contributed by atoms with E-state index in [2.05, 4.69) is 10.3 Å². The van der Waals surface area contributed by atoms with E-state index in [-0.39, 0.29) is 12.2 Å². The van der Waals surface area contributed by atoms with Crippen molar-refractivity contribution in [3.63, 3.8) is 0 Å². The maximum atomic E-state index is 12.7. The quantitative estimate of drug-likeness (QED) is 0.487. The Morgan fingerprint density at radius 2 is 1.94 bits per heavy atom. The molecule has 0 bridgehead atoms. The Hall–Kier alpha value is -3.94.